The average molecular weight is 346 g/mol. The summed E-state index contributed by atoms with van der Waals surface area (Å²) < 4.78 is 66.9. The minimum Gasteiger partial charge on any atom is -0.466 e. The first kappa shape index (κ1) is 21.1. The van der Waals surface area contributed by atoms with Crippen molar-refractivity contribution >= 4 is 13.6 Å². The number of esters is 1. The summed E-state index contributed by atoms with van der Waals surface area (Å²) in [7, 11) is -3.10. The fourth-order valence-corrected chi connectivity index (χ4v) is 4.18. The summed E-state index contributed by atoms with van der Waals surface area (Å²) in [5.41, 5.74) is -2.83. The number of carbonyl (C=O) groups excluding carboxylic acids is 1. The molecule has 0 saturated heterocycles. The highest BCUT2D eigenvalue weighted by molar-refractivity contribution is 7.55. The van der Waals surface area contributed by atoms with E-state index in [0.29, 0.717) is 12.5 Å². The van der Waals surface area contributed by atoms with Gasteiger partial charge >= 0.3 is 19.7 Å². The molecular weight excluding hydrogens is 324 g/mol. The predicted octanol–water partition coefficient (Wildman–Crippen LogP) is 4.08. The van der Waals surface area contributed by atoms with Crippen LogP contribution in [0, 0.1) is 0 Å². The first-order valence-corrected chi connectivity index (χ1v) is 8.52. The Balaban J connectivity index is 5.97. The zero-order valence-corrected chi connectivity index (χ0v) is 14.0. The second-order valence-electron chi connectivity index (χ2n) is 4.30. The van der Waals surface area contributed by atoms with E-state index < -0.39 is 31.0 Å². The van der Waals surface area contributed by atoms with E-state index in [9.17, 15) is 22.5 Å². The van der Waals surface area contributed by atoms with Crippen LogP contribution in [0.1, 0.15) is 33.6 Å². The van der Waals surface area contributed by atoms with Crippen molar-refractivity contribution in [3.63, 3.8) is 0 Å². The number of ether oxygens (including phenoxy) is 1. The molecule has 0 radical (unpaired) electrons. The third kappa shape index (κ3) is 6.10. The molecule has 0 bridgehead atoms. The van der Waals surface area contributed by atoms with Crippen LogP contribution in [0.15, 0.2) is 11.6 Å². The third-order valence-corrected chi connectivity index (χ3v) is 5.26. The Hall–Kier alpha value is -0.850. The van der Waals surface area contributed by atoms with Crippen molar-refractivity contribution in [1.82, 2.24) is 0 Å². The molecule has 0 fully saturated rings. The molecule has 5 nitrogen and oxygen atoms in total. The number of allylic oxidation sites excluding steroid dienone is 1. The van der Waals surface area contributed by atoms with Crippen LogP contribution < -0.4 is 0 Å². The van der Waals surface area contributed by atoms with Crippen LogP contribution in [0.4, 0.5) is 13.2 Å². The van der Waals surface area contributed by atoms with Crippen LogP contribution in [-0.4, -0.2) is 38.1 Å². The van der Waals surface area contributed by atoms with Gasteiger partial charge in [-0.15, -0.1) is 0 Å². The van der Waals surface area contributed by atoms with Gasteiger partial charge in [-0.05, 0) is 20.3 Å². The molecule has 0 spiro atoms. The molecule has 0 saturated carbocycles. The zero-order valence-electron chi connectivity index (χ0n) is 13.1. The Bertz CT molecular complexity index is 424. The number of alkyl halides is 3. The largest absolute Gasteiger partial charge is 0.466 e. The fraction of sp³-hybridized carbons (Fsp3) is 0.769. The molecular formula is C13H22F3O5P. The minimum atomic E-state index is -4.85. The summed E-state index contributed by atoms with van der Waals surface area (Å²) in [6, 6.07) is 0. The Morgan fingerprint density at radius 3 is 2.00 bits per heavy atom. The lowest BCUT2D eigenvalue weighted by molar-refractivity contribution is -0.136. The summed E-state index contributed by atoms with van der Waals surface area (Å²) >= 11 is 0. The van der Waals surface area contributed by atoms with E-state index in [4.69, 9.17) is 9.05 Å². The molecule has 0 rings (SSSR count). The van der Waals surface area contributed by atoms with Crippen LogP contribution in [0.3, 0.4) is 0 Å². The maximum Gasteiger partial charge on any atom is 0.413 e. The summed E-state index contributed by atoms with van der Waals surface area (Å²) in [4.78, 5) is 11.3. The van der Waals surface area contributed by atoms with Gasteiger partial charge in [0.15, 0.2) is 0 Å². The molecule has 0 aliphatic heterocycles. The van der Waals surface area contributed by atoms with E-state index in [1.54, 1.807) is 6.92 Å². The van der Waals surface area contributed by atoms with Crippen molar-refractivity contribution in [3.05, 3.63) is 11.6 Å². The molecule has 0 aromatic rings. The van der Waals surface area contributed by atoms with Crippen molar-refractivity contribution in [2.45, 2.75) is 45.4 Å². The summed E-state index contributed by atoms with van der Waals surface area (Å²) in [6.07, 6.45) is -4.33. The van der Waals surface area contributed by atoms with Gasteiger partial charge < -0.3 is 13.8 Å². The SMILES string of the molecule is CCCC(/C(=C/C(=O)OC)C(F)(F)F)P(=O)(OCC)OCC. The van der Waals surface area contributed by atoms with Crippen molar-refractivity contribution < 1.29 is 36.3 Å². The molecule has 0 aromatic carbocycles. The standard InChI is InChI=1S/C13H22F3O5P/c1-5-8-11(22(18,20-6-2)21-7-3)10(13(14,15)16)9-12(17)19-4/h9,11H,5-8H2,1-4H3/b10-9-. The van der Waals surface area contributed by atoms with Gasteiger partial charge in [0.2, 0.25) is 0 Å². The predicted molar refractivity (Wildman–Crippen MR) is 75.7 cm³/mol. The van der Waals surface area contributed by atoms with E-state index in [1.807, 2.05) is 0 Å². The summed E-state index contributed by atoms with van der Waals surface area (Å²) in [5.74, 6) is -1.17. The van der Waals surface area contributed by atoms with Gasteiger partial charge in [-0.3, -0.25) is 4.57 Å². The highest BCUT2D eigenvalue weighted by Gasteiger charge is 2.48. The molecule has 1 atom stereocenters. The van der Waals surface area contributed by atoms with Crippen molar-refractivity contribution in [3.8, 4) is 0 Å². The van der Waals surface area contributed by atoms with E-state index in [2.05, 4.69) is 4.74 Å². The van der Waals surface area contributed by atoms with Gasteiger partial charge in [-0.1, -0.05) is 13.3 Å². The normalized spacial score (nSPS) is 14.8. The van der Waals surface area contributed by atoms with E-state index >= 15 is 0 Å². The molecule has 130 valence electrons. The van der Waals surface area contributed by atoms with Gasteiger partial charge in [0.1, 0.15) is 0 Å². The number of methoxy groups -OCH3 is 1. The molecule has 0 aliphatic carbocycles. The van der Waals surface area contributed by atoms with Crippen molar-refractivity contribution in [2.24, 2.45) is 0 Å². The maximum atomic E-state index is 13.3. The highest BCUT2D eigenvalue weighted by Crippen LogP contribution is 2.59. The van der Waals surface area contributed by atoms with Crippen LogP contribution in [0.5, 0.6) is 0 Å². The van der Waals surface area contributed by atoms with E-state index in [0.717, 1.165) is 7.11 Å². The molecule has 0 heterocycles. The monoisotopic (exact) mass is 346 g/mol. The van der Waals surface area contributed by atoms with Crippen LogP contribution in [0.25, 0.3) is 0 Å². The number of hydrogen-bond donors (Lipinski definition) is 0. The molecule has 0 aromatic heterocycles. The quantitative estimate of drug-likeness (QED) is 0.358. The lowest BCUT2D eigenvalue weighted by Gasteiger charge is -2.29. The molecule has 0 amide bonds. The number of hydrogen-bond acceptors (Lipinski definition) is 5. The second kappa shape index (κ2) is 9.33. The molecule has 9 heteroatoms. The lowest BCUT2D eigenvalue weighted by atomic mass is 10.1. The van der Waals surface area contributed by atoms with Crippen LogP contribution in [0.2, 0.25) is 0 Å². The summed E-state index contributed by atoms with van der Waals surface area (Å²) in [6.45, 7) is 4.51. The Morgan fingerprint density at radius 2 is 1.68 bits per heavy atom. The summed E-state index contributed by atoms with van der Waals surface area (Å²) in [5, 5.41) is 0. The molecule has 0 aliphatic rings. The average Bonchev–Trinajstić information content (AvgIpc) is 2.41. The van der Waals surface area contributed by atoms with Gasteiger partial charge in [0.25, 0.3) is 0 Å². The smallest absolute Gasteiger partial charge is 0.413 e. The van der Waals surface area contributed by atoms with Crippen LogP contribution >= 0.6 is 7.60 Å². The first-order chi connectivity index (χ1) is 10.2. The molecule has 0 N–H and O–H groups in total. The lowest BCUT2D eigenvalue weighted by Crippen LogP contribution is -2.27. The zero-order chi connectivity index (χ0) is 17.4. The Labute approximate surface area is 128 Å². The highest BCUT2D eigenvalue weighted by atomic mass is 31.2. The van der Waals surface area contributed by atoms with Crippen molar-refractivity contribution in [2.75, 3.05) is 20.3 Å². The third-order valence-electron chi connectivity index (χ3n) is 2.72. The van der Waals surface area contributed by atoms with Gasteiger partial charge in [0, 0.05) is 6.08 Å². The van der Waals surface area contributed by atoms with Crippen LogP contribution in [-0.2, 0) is 23.1 Å². The van der Waals surface area contributed by atoms with Gasteiger partial charge in [-0.2, -0.15) is 13.2 Å². The Kier molecular flexibility index (Phi) is 8.96. The van der Waals surface area contributed by atoms with Crippen molar-refractivity contribution in [1.29, 1.82) is 0 Å². The second-order valence-corrected chi connectivity index (χ2v) is 6.52. The maximum absolute atomic E-state index is 13.3. The molecule has 1 unspecified atom stereocenters. The van der Waals surface area contributed by atoms with Gasteiger partial charge in [0.05, 0.1) is 31.6 Å². The first-order valence-electron chi connectivity index (χ1n) is 6.91. The van der Waals surface area contributed by atoms with E-state index in [1.165, 1.54) is 13.8 Å². The fourth-order valence-electron chi connectivity index (χ4n) is 1.89. The molecule has 22 heavy (non-hydrogen) atoms. The number of rotatable bonds is 9. The van der Waals surface area contributed by atoms with E-state index in [-0.39, 0.29) is 19.6 Å². The minimum absolute atomic E-state index is 0.0686. The number of carbonyl (C=O) groups is 1. The number of halogens is 3. The Morgan fingerprint density at radius 1 is 1.18 bits per heavy atom. The topological polar surface area (TPSA) is 61.8 Å². The van der Waals surface area contributed by atoms with Gasteiger partial charge in [-0.25, -0.2) is 4.79 Å².